The molecule has 2 rings (SSSR count). The van der Waals surface area contributed by atoms with Crippen molar-refractivity contribution in [2.24, 2.45) is 0 Å². The van der Waals surface area contributed by atoms with Crippen LogP contribution in [-0.4, -0.2) is 6.61 Å². The van der Waals surface area contributed by atoms with Gasteiger partial charge in [0.15, 0.2) is 0 Å². The topological polar surface area (TPSA) is 9.23 Å². The summed E-state index contributed by atoms with van der Waals surface area (Å²) in [6.07, 6.45) is 1.02. The average molecular weight is 289 g/mol. The smallest absolute Gasteiger partial charge is 0.119 e. The van der Waals surface area contributed by atoms with Gasteiger partial charge < -0.3 is 4.74 Å². The Morgan fingerprint density at radius 2 is 1.55 bits per heavy atom. The molecule has 0 aliphatic carbocycles. The van der Waals surface area contributed by atoms with Crippen molar-refractivity contribution in [1.82, 2.24) is 0 Å². The van der Waals surface area contributed by atoms with E-state index in [1.54, 1.807) is 0 Å². The minimum atomic E-state index is -0.0157. The van der Waals surface area contributed by atoms with Gasteiger partial charge in [-0.2, -0.15) is 0 Å². The SMILES string of the molecule is CCOc1ccc(C(Cl)C(CC)c2ccccc2)cc1. The molecule has 0 saturated carbocycles. The summed E-state index contributed by atoms with van der Waals surface area (Å²) in [5, 5.41) is -0.0157. The molecule has 2 aromatic carbocycles. The zero-order valence-corrected chi connectivity index (χ0v) is 12.8. The van der Waals surface area contributed by atoms with Gasteiger partial charge in [-0.3, -0.25) is 0 Å². The lowest BCUT2D eigenvalue weighted by atomic mass is 9.89. The molecule has 0 radical (unpaired) electrons. The highest BCUT2D eigenvalue weighted by Gasteiger charge is 2.21. The van der Waals surface area contributed by atoms with Gasteiger partial charge in [-0.05, 0) is 36.6 Å². The predicted octanol–water partition coefficient (Wildman–Crippen LogP) is 5.56. The van der Waals surface area contributed by atoms with Gasteiger partial charge in [0, 0.05) is 5.92 Å². The van der Waals surface area contributed by atoms with Crippen LogP contribution in [0.25, 0.3) is 0 Å². The third-order valence-electron chi connectivity index (χ3n) is 3.53. The highest BCUT2D eigenvalue weighted by atomic mass is 35.5. The number of halogens is 1. The zero-order chi connectivity index (χ0) is 14.4. The van der Waals surface area contributed by atoms with Crippen LogP contribution in [0, 0.1) is 0 Å². The lowest BCUT2D eigenvalue weighted by Gasteiger charge is -2.22. The number of rotatable bonds is 6. The molecule has 1 nitrogen and oxygen atoms in total. The molecule has 2 aromatic rings. The van der Waals surface area contributed by atoms with E-state index in [1.807, 2.05) is 25.1 Å². The second-order valence-corrected chi connectivity index (χ2v) is 5.30. The molecule has 2 unspecified atom stereocenters. The molecule has 0 heterocycles. The van der Waals surface area contributed by atoms with Crippen LogP contribution in [0.2, 0.25) is 0 Å². The fourth-order valence-electron chi connectivity index (χ4n) is 2.46. The summed E-state index contributed by atoms with van der Waals surface area (Å²) in [4.78, 5) is 0. The largest absolute Gasteiger partial charge is 0.494 e. The summed E-state index contributed by atoms with van der Waals surface area (Å²) in [5.41, 5.74) is 2.44. The molecule has 0 bridgehead atoms. The summed E-state index contributed by atoms with van der Waals surface area (Å²) >= 11 is 6.70. The molecule has 0 N–H and O–H groups in total. The van der Waals surface area contributed by atoms with Gasteiger partial charge in [0.05, 0.1) is 12.0 Å². The highest BCUT2D eigenvalue weighted by molar-refractivity contribution is 6.21. The fourth-order valence-corrected chi connectivity index (χ4v) is 2.93. The Bertz CT molecular complexity index is 507. The van der Waals surface area contributed by atoms with Crippen molar-refractivity contribution in [2.45, 2.75) is 31.6 Å². The molecule has 2 atom stereocenters. The summed E-state index contributed by atoms with van der Waals surface area (Å²) in [5.74, 6) is 1.23. The summed E-state index contributed by atoms with van der Waals surface area (Å²) < 4.78 is 5.47. The molecule has 2 heteroatoms. The van der Waals surface area contributed by atoms with E-state index in [-0.39, 0.29) is 5.38 Å². The Morgan fingerprint density at radius 1 is 0.900 bits per heavy atom. The Morgan fingerprint density at radius 3 is 2.10 bits per heavy atom. The molecule has 20 heavy (non-hydrogen) atoms. The van der Waals surface area contributed by atoms with Crippen LogP contribution in [0.1, 0.15) is 42.7 Å². The van der Waals surface area contributed by atoms with Crippen LogP contribution >= 0.6 is 11.6 Å². The van der Waals surface area contributed by atoms with Crippen LogP contribution in [0.3, 0.4) is 0 Å². The average Bonchev–Trinajstić information content (AvgIpc) is 2.50. The van der Waals surface area contributed by atoms with Gasteiger partial charge in [0.25, 0.3) is 0 Å². The van der Waals surface area contributed by atoms with Crippen molar-refractivity contribution in [2.75, 3.05) is 6.61 Å². The second kappa shape index (κ2) is 7.35. The molecule has 0 aromatic heterocycles. The molecular weight excluding hydrogens is 268 g/mol. The van der Waals surface area contributed by atoms with Gasteiger partial charge in [0.1, 0.15) is 5.75 Å². The lowest BCUT2D eigenvalue weighted by Crippen LogP contribution is -2.05. The molecule has 0 aliphatic rings. The van der Waals surface area contributed by atoms with Gasteiger partial charge in [-0.25, -0.2) is 0 Å². The van der Waals surface area contributed by atoms with Crippen molar-refractivity contribution in [3.05, 3.63) is 65.7 Å². The Hall–Kier alpha value is -1.47. The van der Waals surface area contributed by atoms with E-state index in [0.717, 1.165) is 17.7 Å². The van der Waals surface area contributed by atoms with Gasteiger partial charge >= 0.3 is 0 Å². The second-order valence-electron chi connectivity index (χ2n) is 4.83. The van der Waals surface area contributed by atoms with Crippen LogP contribution in [0.4, 0.5) is 0 Å². The summed E-state index contributed by atoms with van der Waals surface area (Å²) in [7, 11) is 0. The molecule has 0 spiro atoms. The number of ether oxygens (including phenoxy) is 1. The maximum absolute atomic E-state index is 6.70. The maximum atomic E-state index is 6.70. The molecular formula is C18H21ClO. The number of hydrogen-bond acceptors (Lipinski definition) is 1. The maximum Gasteiger partial charge on any atom is 0.119 e. The van der Waals surface area contributed by atoms with Crippen molar-refractivity contribution >= 4 is 11.6 Å². The number of alkyl halides is 1. The first-order valence-electron chi connectivity index (χ1n) is 7.18. The third kappa shape index (κ3) is 3.55. The van der Waals surface area contributed by atoms with Gasteiger partial charge in [0.2, 0.25) is 0 Å². The minimum absolute atomic E-state index is 0.0157. The van der Waals surface area contributed by atoms with Crippen LogP contribution in [-0.2, 0) is 0 Å². The zero-order valence-electron chi connectivity index (χ0n) is 12.1. The number of benzene rings is 2. The molecule has 0 fully saturated rings. The summed E-state index contributed by atoms with van der Waals surface area (Å²) in [6, 6.07) is 18.6. The van der Waals surface area contributed by atoms with E-state index in [1.165, 1.54) is 5.56 Å². The van der Waals surface area contributed by atoms with Crippen LogP contribution in [0.15, 0.2) is 54.6 Å². The predicted molar refractivity (Wildman–Crippen MR) is 85.7 cm³/mol. The minimum Gasteiger partial charge on any atom is -0.494 e. The first kappa shape index (κ1) is 14.9. The highest BCUT2D eigenvalue weighted by Crippen LogP contribution is 2.38. The Balaban J connectivity index is 2.18. The van der Waals surface area contributed by atoms with E-state index >= 15 is 0 Å². The Kier molecular flexibility index (Phi) is 5.49. The monoisotopic (exact) mass is 288 g/mol. The van der Waals surface area contributed by atoms with Gasteiger partial charge in [-0.1, -0.05) is 49.4 Å². The molecule has 106 valence electrons. The van der Waals surface area contributed by atoms with E-state index in [9.17, 15) is 0 Å². The molecule has 0 amide bonds. The first-order chi connectivity index (χ1) is 9.76. The van der Waals surface area contributed by atoms with Crippen molar-refractivity contribution in [3.63, 3.8) is 0 Å². The lowest BCUT2D eigenvalue weighted by molar-refractivity contribution is 0.340. The normalized spacial score (nSPS) is 13.8. The van der Waals surface area contributed by atoms with E-state index in [0.29, 0.717) is 12.5 Å². The molecule has 0 aliphatic heterocycles. The quantitative estimate of drug-likeness (QED) is 0.632. The van der Waals surface area contributed by atoms with Gasteiger partial charge in [-0.15, -0.1) is 11.6 Å². The van der Waals surface area contributed by atoms with E-state index in [2.05, 4.69) is 43.3 Å². The van der Waals surface area contributed by atoms with Crippen LogP contribution in [0.5, 0.6) is 5.75 Å². The number of hydrogen-bond donors (Lipinski definition) is 0. The molecule has 0 saturated heterocycles. The standard InChI is InChI=1S/C18H21ClO/c1-3-17(14-8-6-5-7-9-14)18(19)15-10-12-16(13-11-15)20-4-2/h5-13,17-18H,3-4H2,1-2H3. The van der Waals surface area contributed by atoms with Crippen molar-refractivity contribution in [1.29, 1.82) is 0 Å². The first-order valence-corrected chi connectivity index (χ1v) is 7.61. The Labute approximate surface area is 126 Å². The fraction of sp³-hybridized carbons (Fsp3) is 0.333. The van der Waals surface area contributed by atoms with Crippen LogP contribution < -0.4 is 4.74 Å². The van der Waals surface area contributed by atoms with E-state index in [4.69, 9.17) is 16.3 Å². The van der Waals surface area contributed by atoms with Crippen molar-refractivity contribution < 1.29 is 4.74 Å². The third-order valence-corrected chi connectivity index (χ3v) is 4.09. The van der Waals surface area contributed by atoms with E-state index < -0.39 is 0 Å². The van der Waals surface area contributed by atoms with Crippen molar-refractivity contribution in [3.8, 4) is 5.75 Å². The summed E-state index contributed by atoms with van der Waals surface area (Å²) in [6.45, 7) is 4.85.